The number of carbonyl (C=O) groups is 1. The van der Waals surface area contributed by atoms with Crippen LogP contribution in [0, 0.1) is 0 Å². The fraction of sp³-hybridized carbons (Fsp3) is 0.133. The van der Waals surface area contributed by atoms with Crippen LogP contribution >= 0.6 is 22.9 Å². The molecular weight excluding hydrogens is 294 g/mol. The van der Waals surface area contributed by atoms with Crippen molar-refractivity contribution >= 4 is 35.0 Å². The highest BCUT2D eigenvalue weighted by Crippen LogP contribution is 2.33. The number of nitrogens with zero attached hydrogens (tertiary/aromatic N) is 1. The smallest absolute Gasteiger partial charge is 0.346 e. The highest BCUT2D eigenvalue weighted by molar-refractivity contribution is 7.17. The minimum absolute atomic E-state index is 0.341. The quantitative estimate of drug-likeness (QED) is 0.915. The summed E-state index contributed by atoms with van der Waals surface area (Å²) in [6.45, 7) is 0. The average molecular weight is 308 g/mol. The fourth-order valence-electron chi connectivity index (χ4n) is 1.68. The van der Waals surface area contributed by atoms with E-state index in [0.29, 0.717) is 15.5 Å². The molecule has 1 heterocycles. The first-order chi connectivity index (χ1) is 9.47. The molecule has 0 unspecified atom stereocenters. The van der Waals surface area contributed by atoms with E-state index in [2.05, 4.69) is 0 Å². The lowest BCUT2D eigenvalue weighted by Gasteiger charge is -2.02. The molecule has 1 N–H and O–H groups in total. The summed E-state index contributed by atoms with van der Waals surface area (Å²) >= 11 is 7.13. The molecule has 0 saturated heterocycles. The van der Waals surface area contributed by atoms with E-state index in [4.69, 9.17) is 11.6 Å². The Morgan fingerprint density at radius 3 is 2.50 bits per heavy atom. The Morgan fingerprint density at radius 2 is 1.95 bits per heavy atom. The highest BCUT2D eigenvalue weighted by atomic mass is 35.5. The Balaban J connectivity index is 2.43. The summed E-state index contributed by atoms with van der Waals surface area (Å²) in [6, 6.07) is 9.26. The number of hydrogen-bond acceptors (Lipinski definition) is 3. The van der Waals surface area contributed by atoms with Crippen LogP contribution < -0.4 is 0 Å². The second-order valence-electron chi connectivity index (χ2n) is 4.49. The Hall–Kier alpha value is -1.78. The molecule has 0 saturated carbocycles. The molecule has 2 rings (SSSR count). The van der Waals surface area contributed by atoms with Crippen LogP contribution in [-0.2, 0) is 0 Å². The van der Waals surface area contributed by atoms with Crippen molar-refractivity contribution < 1.29 is 9.90 Å². The van der Waals surface area contributed by atoms with Crippen LogP contribution in [0.25, 0.3) is 16.5 Å². The van der Waals surface area contributed by atoms with Gasteiger partial charge in [-0.2, -0.15) is 0 Å². The zero-order valence-electron chi connectivity index (χ0n) is 11.1. The summed E-state index contributed by atoms with van der Waals surface area (Å²) in [4.78, 5) is 14.4. The van der Waals surface area contributed by atoms with E-state index in [0.717, 1.165) is 10.4 Å². The topological polar surface area (TPSA) is 40.5 Å². The summed E-state index contributed by atoms with van der Waals surface area (Å²) in [5.41, 5.74) is 1.67. The van der Waals surface area contributed by atoms with Crippen LogP contribution in [0.3, 0.4) is 0 Å². The molecule has 0 radical (unpaired) electrons. The van der Waals surface area contributed by atoms with E-state index >= 15 is 0 Å². The molecule has 0 atom stereocenters. The van der Waals surface area contributed by atoms with E-state index in [1.165, 1.54) is 11.3 Å². The van der Waals surface area contributed by atoms with Crippen molar-refractivity contribution in [2.45, 2.75) is 0 Å². The molecule has 104 valence electrons. The van der Waals surface area contributed by atoms with Gasteiger partial charge in [-0.3, -0.25) is 0 Å². The van der Waals surface area contributed by atoms with E-state index in [1.807, 2.05) is 43.4 Å². The van der Waals surface area contributed by atoms with E-state index < -0.39 is 5.97 Å². The zero-order chi connectivity index (χ0) is 14.7. The molecular formula is C15H14ClNO2S. The number of rotatable bonds is 4. The standard InChI is InChI=1S/C15H14ClNO2S/c1-17(2)8-7-11-9-13(20-14(11)15(18)19)10-3-5-12(16)6-4-10/h3-9H,1-2H3,(H,18,19)/b8-7+. The summed E-state index contributed by atoms with van der Waals surface area (Å²) in [7, 11) is 3.78. The van der Waals surface area contributed by atoms with Crippen molar-refractivity contribution in [3.05, 3.63) is 52.0 Å². The van der Waals surface area contributed by atoms with Gasteiger partial charge in [-0.15, -0.1) is 11.3 Å². The lowest BCUT2D eigenvalue weighted by Crippen LogP contribution is -2.00. The van der Waals surface area contributed by atoms with Crippen molar-refractivity contribution in [2.75, 3.05) is 14.1 Å². The van der Waals surface area contributed by atoms with Gasteiger partial charge < -0.3 is 10.0 Å². The van der Waals surface area contributed by atoms with Gasteiger partial charge in [0.1, 0.15) is 4.88 Å². The van der Waals surface area contributed by atoms with Gasteiger partial charge in [-0.05, 0) is 36.0 Å². The first kappa shape index (κ1) is 14.6. The third kappa shape index (κ3) is 3.40. The maximum absolute atomic E-state index is 11.3. The summed E-state index contributed by atoms with van der Waals surface area (Å²) in [5, 5.41) is 9.94. The molecule has 0 amide bonds. The number of aromatic carboxylic acids is 1. The number of benzene rings is 1. The molecule has 0 fully saturated rings. The molecule has 2 aromatic rings. The Labute approximate surface area is 126 Å². The minimum atomic E-state index is -0.909. The predicted molar refractivity (Wildman–Crippen MR) is 84.4 cm³/mol. The third-order valence-corrected chi connectivity index (χ3v) is 4.08. The number of thiophene rings is 1. The van der Waals surface area contributed by atoms with Crippen LogP contribution in [-0.4, -0.2) is 30.1 Å². The van der Waals surface area contributed by atoms with Gasteiger partial charge in [0.05, 0.1) is 0 Å². The SMILES string of the molecule is CN(C)/C=C/c1cc(-c2ccc(Cl)cc2)sc1C(=O)O. The van der Waals surface area contributed by atoms with Crippen LogP contribution in [0.1, 0.15) is 15.2 Å². The Bertz CT molecular complexity index is 644. The van der Waals surface area contributed by atoms with E-state index in [1.54, 1.807) is 18.2 Å². The molecule has 20 heavy (non-hydrogen) atoms. The van der Waals surface area contributed by atoms with Gasteiger partial charge in [0.25, 0.3) is 0 Å². The average Bonchev–Trinajstić information content (AvgIpc) is 2.81. The molecule has 0 aliphatic rings. The molecule has 3 nitrogen and oxygen atoms in total. The van der Waals surface area contributed by atoms with Gasteiger partial charge in [-0.25, -0.2) is 4.79 Å². The van der Waals surface area contributed by atoms with E-state index in [-0.39, 0.29) is 0 Å². The van der Waals surface area contributed by atoms with E-state index in [9.17, 15) is 9.90 Å². The van der Waals surface area contributed by atoms with Gasteiger partial charge >= 0.3 is 5.97 Å². The highest BCUT2D eigenvalue weighted by Gasteiger charge is 2.14. The Morgan fingerprint density at radius 1 is 1.30 bits per heavy atom. The second kappa shape index (κ2) is 6.11. The predicted octanol–water partition coefficient (Wildman–Crippen LogP) is 4.30. The zero-order valence-corrected chi connectivity index (χ0v) is 12.7. The molecule has 1 aromatic carbocycles. The number of carboxylic acids is 1. The van der Waals surface area contributed by atoms with Crippen molar-refractivity contribution in [2.24, 2.45) is 0 Å². The van der Waals surface area contributed by atoms with Crippen LogP contribution in [0.5, 0.6) is 0 Å². The fourth-order valence-corrected chi connectivity index (χ4v) is 2.80. The van der Waals surface area contributed by atoms with Gasteiger partial charge in [-0.1, -0.05) is 23.7 Å². The molecule has 0 aliphatic heterocycles. The van der Waals surface area contributed by atoms with Gasteiger partial charge in [0.2, 0.25) is 0 Å². The molecule has 1 aromatic heterocycles. The van der Waals surface area contributed by atoms with Crippen LogP contribution in [0.2, 0.25) is 5.02 Å². The second-order valence-corrected chi connectivity index (χ2v) is 5.98. The number of halogens is 1. The van der Waals surface area contributed by atoms with Crippen molar-refractivity contribution in [1.82, 2.24) is 4.90 Å². The summed E-state index contributed by atoms with van der Waals surface area (Å²) < 4.78 is 0. The Kier molecular flexibility index (Phi) is 4.47. The summed E-state index contributed by atoms with van der Waals surface area (Å²) in [6.07, 6.45) is 3.64. The van der Waals surface area contributed by atoms with Crippen molar-refractivity contribution in [3.8, 4) is 10.4 Å². The maximum atomic E-state index is 11.3. The molecule has 0 spiro atoms. The lowest BCUT2D eigenvalue weighted by molar-refractivity contribution is 0.0702. The number of hydrogen-bond donors (Lipinski definition) is 1. The third-order valence-electron chi connectivity index (χ3n) is 2.64. The first-order valence-electron chi connectivity index (χ1n) is 5.95. The molecule has 0 bridgehead atoms. The lowest BCUT2D eigenvalue weighted by atomic mass is 10.1. The molecule has 0 aliphatic carbocycles. The molecule has 5 heteroatoms. The normalized spacial score (nSPS) is 10.9. The van der Waals surface area contributed by atoms with Gasteiger partial charge in [0.15, 0.2) is 0 Å². The monoisotopic (exact) mass is 307 g/mol. The maximum Gasteiger partial charge on any atom is 0.346 e. The largest absolute Gasteiger partial charge is 0.477 e. The van der Waals surface area contributed by atoms with Crippen molar-refractivity contribution in [3.63, 3.8) is 0 Å². The summed E-state index contributed by atoms with van der Waals surface area (Å²) in [5.74, 6) is -0.909. The van der Waals surface area contributed by atoms with Crippen LogP contribution in [0.4, 0.5) is 0 Å². The van der Waals surface area contributed by atoms with Crippen LogP contribution in [0.15, 0.2) is 36.5 Å². The van der Waals surface area contributed by atoms with Crippen molar-refractivity contribution in [1.29, 1.82) is 0 Å². The van der Waals surface area contributed by atoms with Gasteiger partial charge in [0, 0.05) is 29.6 Å². The number of carboxylic acid groups (broad SMARTS) is 1. The first-order valence-corrected chi connectivity index (χ1v) is 7.14. The minimum Gasteiger partial charge on any atom is -0.477 e.